The lowest BCUT2D eigenvalue weighted by atomic mass is 9.98. The zero-order valence-corrected chi connectivity index (χ0v) is 12.6. The molecule has 1 N–H and O–H groups in total. The molecule has 0 fully saturated rings. The standard InChI is InChI=1S/C16H27NO2/c1-5-13(2)15-8-6-7-9-16(15)19-14(3)12-17-10-11-18-4/h6-9,13-14,17H,5,10-12H2,1-4H3. The number of methoxy groups -OCH3 is 1. The summed E-state index contributed by atoms with van der Waals surface area (Å²) < 4.78 is 11.0. The second-order valence-electron chi connectivity index (χ2n) is 4.97. The first-order valence-electron chi connectivity index (χ1n) is 7.14. The molecule has 0 spiro atoms. The van der Waals surface area contributed by atoms with Gasteiger partial charge in [-0.25, -0.2) is 0 Å². The average molecular weight is 265 g/mol. The molecule has 3 nitrogen and oxygen atoms in total. The van der Waals surface area contributed by atoms with Gasteiger partial charge >= 0.3 is 0 Å². The smallest absolute Gasteiger partial charge is 0.123 e. The predicted octanol–water partition coefficient (Wildman–Crippen LogP) is 3.20. The van der Waals surface area contributed by atoms with Gasteiger partial charge in [0.1, 0.15) is 11.9 Å². The van der Waals surface area contributed by atoms with Gasteiger partial charge in [-0.2, -0.15) is 0 Å². The Labute approximate surface area is 117 Å². The molecule has 0 radical (unpaired) electrons. The monoisotopic (exact) mass is 265 g/mol. The molecule has 1 aromatic carbocycles. The third kappa shape index (κ3) is 5.62. The molecule has 1 rings (SSSR count). The molecular weight excluding hydrogens is 238 g/mol. The van der Waals surface area contributed by atoms with Crippen LogP contribution in [0.4, 0.5) is 0 Å². The van der Waals surface area contributed by atoms with Gasteiger partial charge in [-0.3, -0.25) is 0 Å². The first kappa shape index (κ1) is 16.0. The summed E-state index contributed by atoms with van der Waals surface area (Å²) in [5, 5.41) is 3.32. The molecule has 0 aromatic heterocycles. The molecule has 2 atom stereocenters. The highest BCUT2D eigenvalue weighted by Gasteiger charge is 2.11. The van der Waals surface area contributed by atoms with Crippen LogP contribution in [0.5, 0.6) is 5.75 Å². The topological polar surface area (TPSA) is 30.5 Å². The van der Waals surface area contributed by atoms with Crippen molar-refractivity contribution in [2.24, 2.45) is 0 Å². The summed E-state index contributed by atoms with van der Waals surface area (Å²) in [6, 6.07) is 8.34. The minimum absolute atomic E-state index is 0.155. The Balaban J connectivity index is 2.51. The Kier molecular flexibility index (Phi) is 7.53. The van der Waals surface area contributed by atoms with Crippen LogP contribution in [0.1, 0.15) is 38.7 Å². The number of benzene rings is 1. The van der Waals surface area contributed by atoms with E-state index >= 15 is 0 Å². The molecule has 1 aromatic rings. The minimum atomic E-state index is 0.155. The Hall–Kier alpha value is -1.06. The van der Waals surface area contributed by atoms with Gasteiger partial charge < -0.3 is 14.8 Å². The van der Waals surface area contributed by atoms with E-state index < -0.39 is 0 Å². The fourth-order valence-electron chi connectivity index (χ4n) is 1.95. The van der Waals surface area contributed by atoms with Gasteiger partial charge in [0.2, 0.25) is 0 Å². The third-order valence-corrected chi connectivity index (χ3v) is 3.31. The maximum atomic E-state index is 6.05. The number of hydrogen-bond acceptors (Lipinski definition) is 3. The molecule has 19 heavy (non-hydrogen) atoms. The van der Waals surface area contributed by atoms with Crippen molar-refractivity contribution < 1.29 is 9.47 Å². The number of nitrogens with one attached hydrogen (secondary N) is 1. The summed E-state index contributed by atoms with van der Waals surface area (Å²) in [5.41, 5.74) is 1.30. The van der Waals surface area contributed by atoms with Crippen LogP contribution in [0.15, 0.2) is 24.3 Å². The fraction of sp³-hybridized carbons (Fsp3) is 0.625. The van der Waals surface area contributed by atoms with E-state index in [1.807, 2.05) is 6.07 Å². The Morgan fingerprint density at radius 1 is 1.21 bits per heavy atom. The first-order valence-corrected chi connectivity index (χ1v) is 7.14. The van der Waals surface area contributed by atoms with Crippen LogP contribution >= 0.6 is 0 Å². The number of rotatable bonds is 9. The maximum Gasteiger partial charge on any atom is 0.123 e. The molecule has 0 saturated carbocycles. The summed E-state index contributed by atoms with van der Waals surface area (Å²) in [4.78, 5) is 0. The molecular formula is C16H27NO2. The van der Waals surface area contributed by atoms with E-state index in [1.165, 1.54) is 5.56 Å². The predicted molar refractivity (Wildman–Crippen MR) is 80.0 cm³/mol. The van der Waals surface area contributed by atoms with Gasteiger partial charge in [0.25, 0.3) is 0 Å². The largest absolute Gasteiger partial charge is 0.489 e. The Morgan fingerprint density at radius 3 is 2.63 bits per heavy atom. The van der Waals surface area contributed by atoms with Crippen LogP contribution in [0.25, 0.3) is 0 Å². The Bertz CT molecular complexity index is 354. The van der Waals surface area contributed by atoms with E-state index in [-0.39, 0.29) is 6.10 Å². The van der Waals surface area contributed by atoms with Gasteiger partial charge in [-0.1, -0.05) is 32.0 Å². The van der Waals surface area contributed by atoms with Crippen molar-refractivity contribution in [2.45, 2.75) is 39.2 Å². The van der Waals surface area contributed by atoms with Gasteiger partial charge in [-0.05, 0) is 30.9 Å². The van der Waals surface area contributed by atoms with Gasteiger partial charge in [-0.15, -0.1) is 0 Å². The summed E-state index contributed by atoms with van der Waals surface area (Å²) in [7, 11) is 1.71. The Morgan fingerprint density at radius 2 is 1.95 bits per heavy atom. The van der Waals surface area contributed by atoms with Crippen molar-refractivity contribution in [1.82, 2.24) is 5.32 Å². The van der Waals surface area contributed by atoms with E-state index in [9.17, 15) is 0 Å². The van der Waals surface area contributed by atoms with Gasteiger partial charge in [0.05, 0.1) is 6.61 Å². The van der Waals surface area contributed by atoms with Crippen LogP contribution in [-0.2, 0) is 4.74 Å². The summed E-state index contributed by atoms with van der Waals surface area (Å²) >= 11 is 0. The van der Waals surface area contributed by atoms with Crippen LogP contribution in [0.3, 0.4) is 0 Å². The summed E-state index contributed by atoms with van der Waals surface area (Å²) in [6.07, 6.45) is 1.28. The van der Waals surface area contributed by atoms with Gasteiger partial charge in [0, 0.05) is 20.2 Å². The summed E-state index contributed by atoms with van der Waals surface area (Å²) in [5.74, 6) is 1.54. The number of hydrogen-bond donors (Lipinski definition) is 1. The van der Waals surface area contributed by atoms with E-state index in [0.29, 0.717) is 5.92 Å². The maximum absolute atomic E-state index is 6.05. The van der Waals surface area contributed by atoms with Crippen molar-refractivity contribution in [3.63, 3.8) is 0 Å². The summed E-state index contributed by atoms with van der Waals surface area (Å²) in [6.45, 7) is 8.96. The van der Waals surface area contributed by atoms with Gasteiger partial charge in [0.15, 0.2) is 0 Å². The average Bonchev–Trinajstić information content (AvgIpc) is 2.43. The molecule has 0 aliphatic carbocycles. The lowest BCUT2D eigenvalue weighted by molar-refractivity contribution is 0.183. The zero-order chi connectivity index (χ0) is 14.1. The quantitative estimate of drug-likeness (QED) is 0.696. The second kappa shape index (κ2) is 8.94. The second-order valence-corrected chi connectivity index (χ2v) is 4.97. The molecule has 0 saturated heterocycles. The zero-order valence-electron chi connectivity index (χ0n) is 12.6. The van der Waals surface area contributed by atoms with Crippen molar-refractivity contribution >= 4 is 0 Å². The normalized spacial score (nSPS) is 14.1. The van der Waals surface area contributed by atoms with Crippen LogP contribution in [0.2, 0.25) is 0 Å². The molecule has 0 aliphatic heterocycles. The molecule has 0 amide bonds. The highest BCUT2D eigenvalue weighted by molar-refractivity contribution is 5.36. The molecule has 108 valence electrons. The molecule has 0 heterocycles. The first-order chi connectivity index (χ1) is 9.19. The van der Waals surface area contributed by atoms with Crippen LogP contribution < -0.4 is 10.1 Å². The third-order valence-electron chi connectivity index (χ3n) is 3.31. The van der Waals surface area contributed by atoms with Crippen LogP contribution in [-0.4, -0.2) is 32.9 Å². The molecule has 2 unspecified atom stereocenters. The SMILES string of the molecule is CCC(C)c1ccccc1OC(C)CNCCOC. The molecule has 0 aliphatic rings. The van der Waals surface area contributed by atoms with Crippen molar-refractivity contribution in [2.75, 3.05) is 26.8 Å². The van der Waals surface area contributed by atoms with Crippen molar-refractivity contribution in [3.05, 3.63) is 29.8 Å². The number of ether oxygens (including phenoxy) is 2. The van der Waals surface area contributed by atoms with Crippen molar-refractivity contribution in [1.29, 1.82) is 0 Å². The van der Waals surface area contributed by atoms with E-state index in [2.05, 4.69) is 44.3 Å². The molecule has 3 heteroatoms. The highest BCUT2D eigenvalue weighted by atomic mass is 16.5. The van der Waals surface area contributed by atoms with E-state index in [0.717, 1.165) is 31.9 Å². The lowest BCUT2D eigenvalue weighted by Gasteiger charge is -2.20. The molecule has 0 bridgehead atoms. The van der Waals surface area contributed by atoms with E-state index in [1.54, 1.807) is 7.11 Å². The van der Waals surface area contributed by atoms with Crippen LogP contribution in [0, 0.1) is 0 Å². The van der Waals surface area contributed by atoms with Crippen molar-refractivity contribution in [3.8, 4) is 5.75 Å². The fourth-order valence-corrected chi connectivity index (χ4v) is 1.95. The van der Waals surface area contributed by atoms with E-state index in [4.69, 9.17) is 9.47 Å². The number of para-hydroxylation sites is 1. The lowest BCUT2D eigenvalue weighted by Crippen LogP contribution is -2.31. The highest BCUT2D eigenvalue weighted by Crippen LogP contribution is 2.28. The minimum Gasteiger partial charge on any atom is -0.489 e.